The summed E-state index contributed by atoms with van der Waals surface area (Å²) < 4.78 is 1.14. The third kappa shape index (κ3) is 2.87. The van der Waals surface area contributed by atoms with Crippen molar-refractivity contribution in [2.75, 3.05) is 0 Å². The summed E-state index contributed by atoms with van der Waals surface area (Å²) in [5, 5.41) is 3.21. The maximum absolute atomic E-state index is 5.74. The quantitative estimate of drug-likeness (QED) is 0.942. The smallest absolute Gasteiger partial charge is 0.0948 e. The minimum atomic E-state index is 0.180. The van der Waals surface area contributed by atoms with Gasteiger partial charge in [-0.15, -0.1) is 22.7 Å². The molecule has 2 aromatic heterocycles. The Labute approximate surface area is 105 Å². The lowest BCUT2D eigenvalue weighted by molar-refractivity contribution is 0.734. The molecule has 80 valence electrons. The van der Waals surface area contributed by atoms with Crippen LogP contribution in [0.25, 0.3) is 10.6 Å². The zero-order valence-corrected chi connectivity index (χ0v) is 11.5. The van der Waals surface area contributed by atoms with E-state index in [4.69, 9.17) is 5.73 Å². The SMILES string of the molecule is CC(N)Cc1nc(-c2ccc(Br)s2)cs1. The van der Waals surface area contributed by atoms with Crippen LogP contribution in [0.5, 0.6) is 0 Å². The molecular formula is C10H11BrN2S2. The van der Waals surface area contributed by atoms with Gasteiger partial charge in [-0.25, -0.2) is 4.98 Å². The summed E-state index contributed by atoms with van der Waals surface area (Å²) in [7, 11) is 0. The Kier molecular flexibility index (Phi) is 3.56. The molecule has 0 aromatic carbocycles. The van der Waals surface area contributed by atoms with Crippen LogP contribution in [0.15, 0.2) is 21.3 Å². The molecule has 0 aliphatic rings. The lowest BCUT2D eigenvalue weighted by atomic mass is 10.3. The second kappa shape index (κ2) is 4.74. The van der Waals surface area contributed by atoms with Crippen molar-refractivity contribution in [2.45, 2.75) is 19.4 Å². The van der Waals surface area contributed by atoms with Gasteiger partial charge in [0.15, 0.2) is 0 Å². The number of aromatic nitrogens is 1. The number of rotatable bonds is 3. The first-order valence-electron chi connectivity index (χ1n) is 4.61. The van der Waals surface area contributed by atoms with E-state index in [0.717, 1.165) is 20.9 Å². The molecule has 2 rings (SSSR count). The highest BCUT2D eigenvalue weighted by molar-refractivity contribution is 9.11. The highest BCUT2D eigenvalue weighted by atomic mass is 79.9. The van der Waals surface area contributed by atoms with E-state index in [0.29, 0.717) is 0 Å². The summed E-state index contributed by atoms with van der Waals surface area (Å²) in [6.07, 6.45) is 0.858. The van der Waals surface area contributed by atoms with Gasteiger partial charge in [0.1, 0.15) is 0 Å². The number of thiophene rings is 1. The van der Waals surface area contributed by atoms with E-state index in [9.17, 15) is 0 Å². The molecule has 0 saturated heterocycles. The first kappa shape index (κ1) is 11.3. The monoisotopic (exact) mass is 302 g/mol. The molecule has 2 nitrogen and oxygen atoms in total. The van der Waals surface area contributed by atoms with Crippen LogP contribution in [-0.4, -0.2) is 11.0 Å². The Balaban J connectivity index is 2.20. The molecule has 2 N–H and O–H groups in total. The summed E-state index contributed by atoms with van der Waals surface area (Å²) in [5.74, 6) is 0. The molecule has 0 aliphatic heterocycles. The highest BCUT2D eigenvalue weighted by Crippen LogP contribution is 2.31. The predicted molar refractivity (Wildman–Crippen MR) is 70.5 cm³/mol. The van der Waals surface area contributed by atoms with Gasteiger partial charge in [0, 0.05) is 17.8 Å². The fourth-order valence-electron chi connectivity index (χ4n) is 1.25. The van der Waals surface area contributed by atoms with Crippen LogP contribution in [0, 0.1) is 0 Å². The van der Waals surface area contributed by atoms with Crippen molar-refractivity contribution in [2.24, 2.45) is 5.73 Å². The van der Waals surface area contributed by atoms with Crippen molar-refractivity contribution in [1.82, 2.24) is 4.98 Å². The maximum Gasteiger partial charge on any atom is 0.0948 e. The first-order valence-corrected chi connectivity index (χ1v) is 7.10. The van der Waals surface area contributed by atoms with E-state index in [1.54, 1.807) is 22.7 Å². The lowest BCUT2D eigenvalue weighted by Crippen LogP contribution is -2.17. The van der Waals surface area contributed by atoms with Gasteiger partial charge < -0.3 is 5.73 Å². The van der Waals surface area contributed by atoms with Crippen molar-refractivity contribution in [3.05, 3.63) is 26.3 Å². The van der Waals surface area contributed by atoms with Crippen LogP contribution in [0.2, 0.25) is 0 Å². The van der Waals surface area contributed by atoms with Gasteiger partial charge in [-0.2, -0.15) is 0 Å². The minimum Gasteiger partial charge on any atom is -0.328 e. The fraction of sp³-hybridized carbons (Fsp3) is 0.300. The number of nitrogens with zero attached hydrogens (tertiary/aromatic N) is 1. The minimum absolute atomic E-state index is 0.180. The zero-order chi connectivity index (χ0) is 10.8. The fourth-order valence-corrected chi connectivity index (χ4v) is 3.60. The average Bonchev–Trinajstić information content (AvgIpc) is 2.72. The molecule has 0 radical (unpaired) electrons. The Morgan fingerprint density at radius 1 is 1.53 bits per heavy atom. The van der Waals surface area contributed by atoms with Crippen LogP contribution >= 0.6 is 38.6 Å². The van der Waals surface area contributed by atoms with Crippen LogP contribution in [0.1, 0.15) is 11.9 Å². The van der Waals surface area contributed by atoms with E-state index >= 15 is 0 Å². The Morgan fingerprint density at radius 3 is 2.93 bits per heavy atom. The van der Waals surface area contributed by atoms with Crippen LogP contribution in [0.3, 0.4) is 0 Å². The Bertz CT molecular complexity index is 448. The Hall–Kier alpha value is -0.230. The van der Waals surface area contributed by atoms with E-state index in [-0.39, 0.29) is 6.04 Å². The molecule has 5 heteroatoms. The number of thiazole rings is 1. The predicted octanol–water partition coefficient (Wildman–Crippen LogP) is 3.52. The summed E-state index contributed by atoms with van der Waals surface area (Å²) in [5.41, 5.74) is 6.80. The van der Waals surface area contributed by atoms with E-state index in [2.05, 4.69) is 32.4 Å². The summed E-state index contributed by atoms with van der Waals surface area (Å²) in [6.45, 7) is 2.00. The van der Waals surface area contributed by atoms with Crippen molar-refractivity contribution < 1.29 is 0 Å². The maximum atomic E-state index is 5.74. The van der Waals surface area contributed by atoms with Crippen LogP contribution in [0.4, 0.5) is 0 Å². The average molecular weight is 303 g/mol. The standard InChI is InChI=1S/C10H11BrN2S2/c1-6(12)4-10-13-7(5-14-10)8-2-3-9(11)15-8/h2-3,5-6H,4,12H2,1H3. The van der Waals surface area contributed by atoms with Crippen molar-refractivity contribution in [3.8, 4) is 10.6 Å². The number of nitrogens with two attached hydrogens (primary N) is 1. The third-order valence-electron chi connectivity index (χ3n) is 1.87. The van der Waals surface area contributed by atoms with E-state index in [1.165, 1.54) is 4.88 Å². The van der Waals surface area contributed by atoms with Crippen molar-refractivity contribution in [1.29, 1.82) is 0 Å². The molecule has 15 heavy (non-hydrogen) atoms. The normalized spacial score (nSPS) is 13.0. The van der Waals surface area contributed by atoms with Gasteiger partial charge in [-0.1, -0.05) is 0 Å². The van der Waals surface area contributed by atoms with Gasteiger partial charge in [0.2, 0.25) is 0 Å². The number of hydrogen-bond acceptors (Lipinski definition) is 4. The van der Waals surface area contributed by atoms with Crippen molar-refractivity contribution in [3.63, 3.8) is 0 Å². The molecule has 0 bridgehead atoms. The molecule has 2 heterocycles. The second-order valence-electron chi connectivity index (χ2n) is 3.41. The summed E-state index contributed by atoms with van der Waals surface area (Å²) in [6, 6.07) is 4.31. The molecule has 2 aromatic rings. The molecule has 0 fully saturated rings. The van der Waals surface area contributed by atoms with Gasteiger partial charge >= 0.3 is 0 Å². The molecule has 1 unspecified atom stereocenters. The lowest BCUT2D eigenvalue weighted by Gasteiger charge is -1.98. The molecule has 0 amide bonds. The molecule has 0 spiro atoms. The van der Waals surface area contributed by atoms with E-state index in [1.807, 2.05) is 13.0 Å². The van der Waals surface area contributed by atoms with Gasteiger partial charge in [0.25, 0.3) is 0 Å². The number of halogens is 1. The van der Waals surface area contributed by atoms with Crippen LogP contribution < -0.4 is 5.73 Å². The van der Waals surface area contributed by atoms with E-state index < -0.39 is 0 Å². The molecule has 0 aliphatic carbocycles. The second-order valence-corrected chi connectivity index (χ2v) is 6.82. The highest BCUT2D eigenvalue weighted by Gasteiger charge is 2.07. The molecular weight excluding hydrogens is 292 g/mol. The summed E-state index contributed by atoms with van der Waals surface area (Å²) >= 11 is 6.84. The molecule has 0 saturated carbocycles. The van der Waals surface area contributed by atoms with Gasteiger partial charge in [-0.05, 0) is 35.0 Å². The molecule has 1 atom stereocenters. The summed E-state index contributed by atoms with van der Waals surface area (Å²) in [4.78, 5) is 5.76. The number of hydrogen-bond donors (Lipinski definition) is 1. The third-order valence-corrected chi connectivity index (χ3v) is 4.39. The van der Waals surface area contributed by atoms with Crippen molar-refractivity contribution >= 4 is 38.6 Å². The first-order chi connectivity index (χ1) is 7.15. The Morgan fingerprint density at radius 2 is 2.33 bits per heavy atom. The van der Waals surface area contributed by atoms with Gasteiger partial charge in [0.05, 0.1) is 19.4 Å². The largest absolute Gasteiger partial charge is 0.328 e. The van der Waals surface area contributed by atoms with Crippen LogP contribution in [-0.2, 0) is 6.42 Å². The topological polar surface area (TPSA) is 38.9 Å². The van der Waals surface area contributed by atoms with Gasteiger partial charge in [-0.3, -0.25) is 0 Å². The zero-order valence-electron chi connectivity index (χ0n) is 8.24.